The Kier molecular flexibility index (Phi) is 16.2. The smallest absolute Gasteiger partial charge is 0.411 e. The zero-order valence-electron chi connectivity index (χ0n) is 37.1. The van der Waals surface area contributed by atoms with Gasteiger partial charge in [-0.3, -0.25) is 19.7 Å². The minimum Gasteiger partial charge on any atom is -0.446 e. The summed E-state index contributed by atoms with van der Waals surface area (Å²) in [7, 11) is 1.77. The fourth-order valence-electron chi connectivity index (χ4n) is 9.49. The number of likely N-dealkylation sites (tertiary alicyclic amines) is 1. The molecule has 1 saturated carbocycles. The predicted octanol–water partition coefficient (Wildman–Crippen LogP) is 5.83. The van der Waals surface area contributed by atoms with E-state index in [9.17, 15) is 29.4 Å². The van der Waals surface area contributed by atoms with Crippen molar-refractivity contribution in [2.24, 2.45) is 11.8 Å². The maximum absolute atomic E-state index is 13.1. The fourth-order valence-corrected chi connectivity index (χ4v) is 9.49. The average molecular weight is 873 g/mol. The fraction of sp³-hybridized carbons (Fsp3) is 0.451. The highest BCUT2D eigenvalue weighted by atomic mass is 16.6. The number of carbonyl (C=O) groups is 4. The van der Waals surface area contributed by atoms with Crippen LogP contribution in [0.3, 0.4) is 0 Å². The zero-order valence-corrected chi connectivity index (χ0v) is 37.1. The van der Waals surface area contributed by atoms with E-state index in [-0.39, 0.29) is 54.2 Å². The van der Waals surface area contributed by atoms with E-state index in [1.165, 1.54) is 0 Å². The summed E-state index contributed by atoms with van der Waals surface area (Å²) in [5.74, 6) is 0.0269. The number of amides is 4. The van der Waals surface area contributed by atoms with E-state index in [0.29, 0.717) is 63.8 Å². The molecule has 1 aliphatic carbocycles. The number of rotatable bonds is 17. The zero-order chi connectivity index (χ0) is 45.0. The van der Waals surface area contributed by atoms with E-state index in [1.807, 2.05) is 91.0 Å². The van der Waals surface area contributed by atoms with E-state index >= 15 is 0 Å². The lowest BCUT2D eigenvalue weighted by molar-refractivity contribution is -0.130. The van der Waals surface area contributed by atoms with Gasteiger partial charge in [0.15, 0.2) is 0 Å². The molecule has 0 bridgehead atoms. The summed E-state index contributed by atoms with van der Waals surface area (Å²) >= 11 is 0. The van der Waals surface area contributed by atoms with Crippen LogP contribution in [0.4, 0.5) is 16.2 Å². The van der Waals surface area contributed by atoms with Crippen molar-refractivity contribution in [2.45, 2.75) is 102 Å². The van der Waals surface area contributed by atoms with Gasteiger partial charge in [0.2, 0.25) is 17.7 Å². The van der Waals surface area contributed by atoms with Gasteiger partial charge in [0, 0.05) is 69.9 Å². The van der Waals surface area contributed by atoms with Crippen LogP contribution in [-0.2, 0) is 38.5 Å². The molecule has 13 heteroatoms. The number of aliphatic hydroxyl groups excluding tert-OH is 2. The van der Waals surface area contributed by atoms with Gasteiger partial charge >= 0.3 is 6.09 Å². The Balaban J connectivity index is 0.762. The molecule has 0 radical (unpaired) electrons. The Morgan fingerprint density at radius 2 is 1.55 bits per heavy atom. The molecule has 13 nitrogen and oxygen atoms in total. The Morgan fingerprint density at radius 3 is 2.30 bits per heavy atom. The molecule has 4 aromatic rings. The highest BCUT2D eigenvalue weighted by Crippen LogP contribution is 2.38. The van der Waals surface area contributed by atoms with Gasteiger partial charge in [-0.2, -0.15) is 0 Å². The number of nitrogens with zero attached hydrogens (tertiary/aromatic N) is 2. The van der Waals surface area contributed by atoms with Crippen LogP contribution in [0, 0.1) is 11.8 Å². The first-order chi connectivity index (χ1) is 31.0. The first kappa shape index (κ1) is 46.4. The highest BCUT2D eigenvalue weighted by molar-refractivity contribution is 5.93. The quantitative estimate of drug-likeness (QED) is 0.0765. The van der Waals surface area contributed by atoms with Crippen LogP contribution in [0.25, 0.3) is 11.1 Å². The third-order valence-electron chi connectivity index (χ3n) is 13.2. The molecule has 340 valence electrons. The molecule has 0 spiro atoms. The third-order valence-corrected chi connectivity index (χ3v) is 13.2. The van der Waals surface area contributed by atoms with E-state index < -0.39 is 18.3 Å². The molecular weight excluding hydrogens is 809 g/mol. The molecule has 6 N–H and O–H groups in total. The lowest BCUT2D eigenvalue weighted by Crippen LogP contribution is -2.58. The maximum atomic E-state index is 13.1. The van der Waals surface area contributed by atoms with Crippen LogP contribution in [0.2, 0.25) is 0 Å². The van der Waals surface area contributed by atoms with Gasteiger partial charge in [-0.15, -0.1) is 0 Å². The van der Waals surface area contributed by atoms with Crippen molar-refractivity contribution < 1.29 is 34.1 Å². The van der Waals surface area contributed by atoms with Crippen molar-refractivity contribution in [3.05, 3.63) is 120 Å². The molecule has 3 aliphatic rings. The summed E-state index contributed by atoms with van der Waals surface area (Å²) in [6, 6.07) is 33.1. The van der Waals surface area contributed by atoms with Crippen molar-refractivity contribution in [3.63, 3.8) is 0 Å². The SMILES string of the molecule is CC(Cc1ccc(CNC(=O)Cc2ccc(N(C)C(=O)CCN3CCC(OC(=O)Nc4ccccc4-c4ccccc4)CC3)cc2)cc1)NC[C@H](O)C1CCC(O)C2NC(=O)CCC21. The van der Waals surface area contributed by atoms with Crippen LogP contribution in [0.1, 0.15) is 68.6 Å². The number of nitrogens with one attached hydrogen (secondary N) is 4. The normalized spacial score (nSPS) is 21.2. The third kappa shape index (κ3) is 12.8. The summed E-state index contributed by atoms with van der Waals surface area (Å²) in [5.41, 5.74) is 6.42. The summed E-state index contributed by atoms with van der Waals surface area (Å²) in [6.07, 6.45) is 3.49. The predicted molar refractivity (Wildman–Crippen MR) is 248 cm³/mol. The van der Waals surface area contributed by atoms with Crippen molar-refractivity contribution in [3.8, 4) is 11.1 Å². The molecule has 2 saturated heterocycles. The first-order valence-corrected chi connectivity index (χ1v) is 22.9. The van der Waals surface area contributed by atoms with Crippen LogP contribution in [-0.4, -0.2) is 103 Å². The van der Waals surface area contributed by atoms with Gasteiger partial charge in [0.25, 0.3) is 0 Å². The second-order valence-corrected chi connectivity index (χ2v) is 17.8. The maximum Gasteiger partial charge on any atom is 0.411 e. The van der Waals surface area contributed by atoms with Gasteiger partial charge in [-0.1, -0.05) is 84.9 Å². The second-order valence-electron chi connectivity index (χ2n) is 17.8. The molecule has 4 aromatic carbocycles. The van der Waals surface area contributed by atoms with Crippen molar-refractivity contribution in [1.82, 2.24) is 20.9 Å². The van der Waals surface area contributed by atoms with Gasteiger partial charge in [0.1, 0.15) is 6.10 Å². The van der Waals surface area contributed by atoms with E-state index in [2.05, 4.69) is 45.2 Å². The van der Waals surface area contributed by atoms with Crippen molar-refractivity contribution in [2.75, 3.05) is 43.4 Å². The summed E-state index contributed by atoms with van der Waals surface area (Å²) in [5, 5.41) is 33.9. The van der Waals surface area contributed by atoms with Gasteiger partial charge in [-0.25, -0.2) is 4.79 Å². The lowest BCUT2D eigenvalue weighted by Gasteiger charge is -2.45. The van der Waals surface area contributed by atoms with Crippen molar-refractivity contribution in [1.29, 1.82) is 0 Å². The van der Waals surface area contributed by atoms with Crippen LogP contribution < -0.4 is 26.2 Å². The summed E-state index contributed by atoms with van der Waals surface area (Å²) in [6.45, 7) is 5.06. The summed E-state index contributed by atoms with van der Waals surface area (Å²) < 4.78 is 5.78. The Hall–Kier alpha value is -5.60. The highest BCUT2D eigenvalue weighted by Gasteiger charge is 2.44. The Labute approximate surface area is 377 Å². The van der Waals surface area contributed by atoms with E-state index in [1.54, 1.807) is 11.9 Å². The number of ether oxygens (including phenoxy) is 1. The standard InChI is InChI=1S/C51H64N6O7/c1-34(52-33-46(59)42-20-22-45(58)50-43(42)21-23-47(60)55-50)30-35-12-14-37(15-13-35)32-53-48(61)31-36-16-18-39(19-17-36)56(2)49(62)26-29-57-27-24-40(25-28-57)64-51(63)54-44-11-7-6-10-41(44)38-8-4-3-5-9-38/h3-19,34,40,42-43,45-46,50,52,58-59H,20-33H2,1-2H3,(H,53,61)(H,54,63)(H,55,60)/t34?,42?,43?,45?,46-,50?/m0/s1. The molecular formula is C51H64N6O7. The topological polar surface area (TPSA) is 173 Å². The Morgan fingerprint density at radius 1 is 0.859 bits per heavy atom. The van der Waals surface area contributed by atoms with Gasteiger partial charge < -0.3 is 40.7 Å². The molecule has 2 heterocycles. The van der Waals surface area contributed by atoms with Crippen LogP contribution >= 0.6 is 0 Å². The number of hydrogen-bond acceptors (Lipinski definition) is 9. The molecule has 6 atom stereocenters. The molecule has 2 aliphatic heterocycles. The largest absolute Gasteiger partial charge is 0.446 e. The molecule has 0 aromatic heterocycles. The number of aliphatic hydroxyl groups is 2. The van der Waals surface area contributed by atoms with Gasteiger partial charge in [0.05, 0.1) is 30.4 Å². The number of carbonyl (C=O) groups excluding carboxylic acids is 4. The summed E-state index contributed by atoms with van der Waals surface area (Å²) in [4.78, 5) is 54.6. The number of benzene rings is 4. The van der Waals surface area contributed by atoms with Crippen LogP contribution in [0.5, 0.6) is 0 Å². The van der Waals surface area contributed by atoms with Crippen molar-refractivity contribution >= 4 is 35.2 Å². The molecule has 7 rings (SSSR count). The molecule has 4 amide bonds. The monoisotopic (exact) mass is 872 g/mol. The number of anilines is 2. The number of para-hydroxylation sites is 1. The minimum absolute atomic E-state index is 0.00307. The molecule has 5 unspecified atom stereocenters. The average Bonchev–Trinajstić information content (AvgIpc) is 3.31. The van der Waals surface area contributed by atoms with E-state index in [4.69, 9.17) is 4.74 Å². The second kappa shape index (κ2) is 22.3. The van der Waals surface area contributed by atoms with E-state index in [0.717, 1.165) is 59.4 Å². The first-order valence-electron chi connectivity index (χ1n) is 22.9. The minimum atomic E-state index is -0.550. The number of hydrogen-bond donors (Lipinski definition) is 6. The molecule has 64 heavy (non-hydrogen) atoms. The lowest BCUT2D eigenvalue weighted by atomic mass is 9.68. The van der Waals surface area contributed by atoms with Crippen LogP contribution in [0.15, 0.2) is 103 Å². The Bertz CT molecular complexity index is 2160. The number of fused-ring (bicyclic) bond motifs is 1. The molecule has 3 fully saturated rings. The van der Waals surface area contributed by atoms with Gasteiger partial charge in [-0.05, 0) is 97.7 Å². The number of piperidine rings is 2.